The van der Waals surface area contributed by atoms with Crippen LogP contribution in [0.1, 0.15) is 18.1 Å². The SMILES string of the molecule is CC1CN=C(NCc2ccccc2OCc2ccccc2)N1. The zero-order valence-corrected chi connectivity index (χ0v) is 12.8. The van der Waals surface area contributed by atoms with Gasteiger partial charge in [0.1, 0.15) is 12.4 Å². The van der Waals surface area contributed by atoms with Gasteiger partial charge in [-0.2, -0.15) is 0 Å². The third kappa shape index (κ3) is 3.79. The minimum atomic E-state index is 0.409. The van der Waals surface area contributed by atoms with Crippen molar-refractivity contribution in [2.75, 3.05) is 6.54 Å². The lowest BCUT2D eigenvalue weighted by Crippen LogP contribution is -2.37. The summed E-state index contributed by atoms with van der Waals surface area (Å²) in [6.45, 7) is 4.22. The van der Waals surface area contributed by atoms with Crippen molar-refractivity contribution in [3.05, 3.63) is 65.7 Å². The van der Waals surface area contributed by atoms with Gasteiger partial charge in [-0.3, -0.25) is 4.99 Å². The van der Waals surface area contributed by atoms with Crippen LogP contribution in [0.15, 0.2) is 59.6 Å². The standard InChI is InChI=1S/C18H21N3O/c1-14-11-19-18(21-14)20-12-16-9-5-6-10-17(16)22-13-15-7-3-2-4-8-15/h2-10,14H,11-13H2,1H3,(H2,19,20,21). The van der Waals surface area contributed by atoms with E-state index in [1.165, 1.54) is 5.56 Å². The lowest BCUT2D eigenvalue weighted by atomic mass is 10.2. The van der Waals surface area contributed by atoms with E-state index in [2.05, 4.69) is 40.7 Å². The van der Waals surface area contributed by atoms with Crippen LogP contribution >= 0.6 is 0 Å². The molecule has 0 amide bonds. The molecule has 114 valence electrons. The number of ether oxygens (including phenoxy) is 1. The van der Waals surface area contributed by atoms with E-state index >= 15 is 0 Å². The van der Waals surface area contributed by atoms with Gasteiger partial charge in [0, 0.05) is 18.2 Å². The van der Waals surface area contributed by atoms with Gasteiger partial charge in [0.05, 0.1) is 6.54 Å². The van der Waals surface area contributed by atoms with Crippen molar-refractivity contribution in [3.8, 4) is 5.75 Å². The highest BCUT2D eigenvalue weighted by molar-refractivity contribution is 5.81. The minimum Gasteiger partial charge on any atom is -0.489 e. The fourth-order valence-electron chi connectivity index (χ4n) is 2.36. The van der Waals surface area contributed by atoms with Crippen molar-refractivity contribution in [3.63, 3.8) is 0 Å². The molecule has 4 nitrogen and oxygen atoms in total. The van der Waals surface area contributed by atoms with E-state index in [1.54, 1.807) is 0 Å². The Bertz CT molecular complexity index is 640. The largest absolute Gasteiger partial charge is 0.489 e. The second kappa shape index (κ2) is 6.98. The Morgan fingerprint density at radius 1 is 1.14 bits per heavy atom. The maximum Gasteiger partial charge on any atom is 0.191 e. The Labute approximate surface area is 131 Å². The molecule has 0 radical (unpaired) electrons. The molecule has 4 heteroatoms. The van der Waals surface area contributed by atoms with Crippen molar-refractivity contribution in [1.82, 2.24) is 10.6 Å². The maximum absolute atomic E-state index is 5.96. The number of rotatable bonds is 5. The summed E-state index contributed by atoms with van der Waals surface area (Å²) in [4.78, 5) is 4.41. The van der Waals surface area contributed by atoms with Gasteiger partial charge in [-0.1, -0.05) is 48.5 Å². The molecule has 1 heterocycles. The molecule has 2 aromatic rings. The van der Waals surface area contributed by atoms with Crippen molar-refractivity contribution >= 4 is 5.96 Å². The fraction of sp³-hybridized carbons (Fsp3) is 0.278. The van der Waals surface area contributed by atoms with Gasteiger partial charge >= 0.3 is 0 Å². The van der Waals surface area contributed by atoms with Crippen molar-refractivity contribution in [2.24, 2.45) is 4.99 Å². The Morgan fingerprint density at radius 3 is 2.68 bits per heavy atom. The van der Waals surface area contributed by atoms with Crippen LogP contribution in [-0.2, 0) is 13.2 Å². The summed E-state index contributed by atoms with van der Waals surface area (Å²) in [6, 6.07) is 18.7. The quantitative estimate of drug-likeness (QED) is 0.891. The summed E-state index contributed by atoms with van der Waals surface area (Å²) in [7, 11) is 0. The average Bonchev–Trinajstić information content (AvgIpc) is 2.98. The first-order chi connectivity index (χ1) is 10.8. The molecule has 0 spiro atoms. The summed E-state index contributed by atoms with van der Waals surface area (Å²) in [5, 5.41) is 6.63. The van der Waals surface area contributed by atoms with Gasteiger partial charge in [-0.05, 0) is 18.6 Å². The zero-order valence-electron chi connectivity index (χ0n) is 12.8. The summed E-state index contributed by atoms with van der Waals surface area (Å²) >= 11 is 0. The van der Waals surface area contributed by atoms with E-state index in [0.29, 0.717) is 19.2 Å². The summed E-state index contributed by atoms with van der Waals surface area (Å²) in [6.07, 6.45) is 0. The lowest BCUT2D eigenvalue weighted by molar-refractivity contribution is 0.302. The van der Waals surface area contributed by atoms with Gasteiger partial charge in [0.25, 0.3) is 0 Å². The van der Waals surface area contributed by atoms with E-state index in [9.17, 15) is 0 Å². The zero-order chi connectivity index (χ0) is 15.2. The highest BCUT2D eigenvalue weighted by Crippen LogP contribution is 2.19. The number of nitrogens with zero attached hydrogens (tertiary/aromatic N) is 1. The predicted octanol–water partition coefficient (Wildman–Crippen LogP) is 2.70. The van der Waals surface area contributed by atoms with Crippen molar-refractivity contribution < 1.29 is 4.74 Å². The van der Waals surface area contributed by atoms with Crippen LogP contribution < -0.4 is 15.4 Å². The maximum atomic E-state index is 5.96. The molecule has 0 aromatic heterocycles. The van der Waals surface area contributed by atoms with Crippen LogP contribution in [0.25, 0.3) is 0 Å². The number of benzene rings is 2. The van der Waals surface area contributed by atoms with Crippen LogP contribution in [-0.4, -0.2) is 18.5 Å². The normalized spacial score (nSPS) is 16.8. The molecular weight excluding hydrogens is 274 g/mol. The molecular formula is C18H21N3O. The molecule has 1 unspecified atom stereocenters. The third-order valence-electron chi connectivity index (χ3n) is 3.56. The van der Waals surface area contributed by atoms with Crippen LogP contribution in [0.2, 0.25) is 0 Å². The number of hydrogen-bond acceptors (Lipinski definition) is 4. The molecule has 22 heavy (non-hydrogen) atoms. The molecule has 0 aliphatic carbocycles. The second-order valence-corrected chi connectivity index (χ2v) is 5.47. The Hall–Kier alpha value is -2.49. The number of hydrogen-bond donors (Lipinski definition) is 2. The van der Waals surface area contributed by atoms with Gasteiger partial charge in [0.2, 0.25) is 0 Å². The van der Waals surface area contributed by atoms with E-state index in [4.69, 9.17) is 4.74 Å². The highest BCUT2D eigenvalue weighted by atomic mass is 16.5. The van der Waals surface area contributed by atoms with Gasteiger partial charge in [0.15, 0.2) is 5.96 Å². The Balaban J connectivity index is 1.60. The first-order valence-corrected chi connectivity index (χ1v) is 7.61. The lowest BCUT2D eigenvalue weighted by Gasteiger charge is -2.13. The Kier molecular flexibility index (Phi) is 4.59. The van der Waals surface area contributed by atoms with Crippen molar-refractivity contribution in [1.29, 1.82) is 0 Å². The van der Waals surface area contributed by atoms with E-state index in [-0.39, 0.29) is 0 Å². The predicted molar refractivity (Wildman–Crippen MR) is 89.0 cm³/mol. The molecule has 0 fully saturated rings. The van der Waals surface area contributed by atoms with Crippen molar-refractivity contribution in [2.45, 2.75) is 26.1 Å². The number of para-hydroxylation sites is 1. The fourth-order valence-corrected chi connectivity index (χ4v) is 2.36. The number of guanidine groups is 1. The van der Waals surface area contributed by atoms with Crippen LogP contribution in [0.3, 0.4) is 0 Å². The first kappa shape index (κ1) is 14.4. The number of nitrogens with one attached hydrogen (secondary N) is 2. The molecule has 2 aromatic carbocycles. The van der Waals surface area contributed by atoms with E-state index in [1.807, 2.05) is 36.4 Å². The minimum absolute atomic E-state index is 0.409. The van der Waals surface area contributed by atoms with Crippen LogP contribution in [0, 0.1) is 0 Å². The molecule has 1 atom stereocenters. The number of aliphatic imine (C=N–C) groups is 1. The first-order valence-electron chi connectivity index (χ1n) is 7.61. The highest BCUT2D eigenvalue weighted by Gasteiger charge is 2.12. The average molecular weight is 295 g/mol. The summed E-state index contributed by atoms with van der Waals surface area (Å²) < 4.78 is 5.96. The van der Waals surface area contributed by atoms with Gasteiger partial charge in [-0.15, -0.1) is 0 Å². The van der Waals surface area contributed by atoms with Gasteiger partial charge < -0.3 is 15.4 Å². The molecule has 0 saturated heterocycles. The summed E-state index contributed by atoms with van der Waals surface area (Å²) in [5.41, 5.74) is 2.29. The molecule has 3 rings (SSSR count). The Morgan fingerprint density at radius 2 is 1.91 bits per heavy atom. The van der Waals surface area contributed by atoms with Crippen LogP contribution in [0.5, 0.6) is 5.75 Å². The van der Waals surface area contributed by atoms with Crippen LogP contribution in [0.4, 0.5) is 0 Å². The third-order valence-corrected chi connectivity index (χ3v) is 3.56. The smallest absolute Gasteiger partial charge is 0.191 e. The molecule has 1 aliphatic heterocycles. The topological polar surface area (TPSA) is 45.7 Å². The molecule has 1 aliphatic rings. The van der Waals surface area contributed by atoms with Gasteiger partial charge in [-0.25, -0.2) is 0 Å². The molecule has 2 N–H and O–H groups in total. The monoisotopic (exact) mass is 295 g/mol. The van der Waals surface area contributed by atoms with E-state index in [0.717, 1.165) is 23.8 Å². The van der Waals surface area contributed by atoms with E-state index < -0.39 is 0 Å². The molecule has 0 saturated carbocycles. The molecule has 0 bridgehead atoms. The summed E-state index contributed by atoms with van der Waals surface area (Å²) in [5.74, 6) is 1.77. The second-order valence-electron chi connectivity index (χ2n) is 5.47.